The Morgan fingerprint density at radius 1 is 0.506 bits per heavy atom. The second kappa shape index (κ2) is 16.8. The van der Waals surface area contributed by atoms with Gasteiger partial charge in [-0.2, -0.15) is 0 Å². The van der Waals surface area contributed by atoms with Gasteiger partial charge in [-0.25, -0.2) is 0 Å². The van der Waals surface area contributed by atoms with E-state index in [-0.39, 0.29) is 74.5 Å². The van der Waals surface area contributed by atoms with Gasteiger partial charge in [0.2, 0.25) is 0 Å². The SMILES string of the molecule is [2H]c1c([2H])c([2H])c(-c2cc3c4c(c2)N2c5c(cc(C(C)(C)C)cc5C5(C)CCCCC25C)B4c2ccc(N(c4ccc5c(c4)C(C)(C)CCC5(C)C)c4ccc5c(c4)C(C)(C)CCC5(C)C)cc2N3c2cccc3c2oc2ccccc23)c([2H])c1[2H]. The molecule has 1 saturated carbocycles. The van der Waals surface area contributed by atoms with E-state index >= 15 is 0 Å². The minimum Gasteiger partial charge on any atom is -0.454 e. The average Bonchev–Trinajstić information content (AvgIpc) is 1.31. The van der Waals surface area contributed by atoms with Crippen LogP contribution in [-0.4, -0.2) is 12.3 Å². The van der Waals surface area contributed by atoms with Crippen LogP contribution < -0.4 is 31.1 Å². The average molecular weight is 1070 g/mol. The van der Waals surface area contributed by atoms with Crippen LogP contribution in [0.3, 0.4) is 0 Å². The molecule has 3 aliphatic heterocycles. The van der Waals surface area contributed by atoms with Crippen molar-refractivity contribution in [2.24, 2.45) is 0 Å². The lowest BCUT2D eigenvalue weighted by Crippen LogP contribution is -2.64. The molecule has 4 nitrogen and oxygen atoms in total. The fraction of sp³-hybridized carbons (Fsp3) is 0.368. The summed E-state index contributed by atoms with van der Waals surface area (Å²) in [7, 11) is 0. The highest BCUT2D eigenvalue weighted by Gasteiger charge is 2.62. The molecule has 0 spiro atoms. The van der Waals surface area contributed by atoms with Crippen molar-refractivity contribution in [2.75, 3.05) is 14.7 Å². The van der Waals surface area contributed by atoms with Crippen molar-refractivity contribution >= 4 is 90.5 Å². The van der Waals surface area contributed by atoms with Gasteiger partial charge in [-0.05, 0) is 194 Å². The molecule has 1 fully saturated rings. The predicted octanol–water partition coefficient (Wildman–Crippen LogP) is 19.1. The van der Waals surface area contributed by atoms with Crippen molar-refractivity contribution in [2.45, 2.75) is 179 Å². The van der Waals surface area contributed by atoms with E-state index in [2.05, 4.69) is 220 Å². The van der Waals surface area contributed by atoms with Gasteiger partial charge >= 0.3 is 0 Å². The summed E-state index contributed by atoms with van der Waals surface area (Å²) < 4.78 is 53.4. The van der Waals surface area contributed by atoms with Gasteiger partial charge < -0.3 is 19.1 Å². The lowest BCUT2D eigenvalue weighted by molar-refractivity contribution is 0.195. The predicted molar refractivity (Wildman–Crippen MR) is 345 cm³/mol. The molecule has 2 atom stereocenters. The summed E-state index contributed by atoms with van der Waals surface area (Å²) in [5, 5.41) is 2.04. The van der Waals surface area contributed by atoms with Gasteiger partial charge in [0.1, 0.15) is 5.58 Å². The van der Waals surface area contributed by atoms with E-state index in [0.29, 0.717) is 5.56 Å². The molecule has 81 heavy (non-hydrogen) atoms. The molecule has 0 bridgehead atoms. The molecule has 408 valence electrons. The molecule has 5 heteroatoms. The second-order valence-electron chi connectivity index (χ2n) is 29.4. The molecule has 0 saturated heterocycles. The zero-order valence-corrected chi connectivity index (χ0v) is 50.0. The van der Waals surface area contributed by atoms with Crippen LogP contribution in [0.2, 0.25) is 0 Å². The van der Waals surface area contributed by atoms with Gasteiger partial charge in [-0.15, -0.1) is 0 Å². The van der Waals surface area contributed by atoms with Gasteiger partial charge in [0, 0.05) is 56.0 Å². The standard InChI is InChI=1S/C76H80BN3O/c1-70(2,3)49-42-59-68-61(43-49)77-60-33-30-52(78(50-28-31-55-57(44-50)73(8,9)38-36-71(55,4)5)51-29-32-56-58(45-51)74(10,11)39-37-72(56,6)7)46-63(60)79(62-26-21-25-54-53-24-17-18-27-66(53)81-69(54)62)64-40-48(47-22-15-14-16-23-47)41-65(67(64)77)80(68)76(13)35-20-19-34-75(59,76)12/h14-18,21-33,40-46H,19-20,34-39H2,1-13H3/i14D,15D,16D,22D,23D. The first-order valence-electron chi connectivity index (χ1n) is 32.8. The van der Waals surface area contributed by atoms with Crippen molar-refractivity contribution in [1.29, 1.82) is 0 Å². The maximum Gasteiger partial charge on any atom is 0.252 e. The van der Waals surface area contributed by atoms with Crippen LogP contribution in [0.4, 0.5) is 45.5 Å². The molecule has 0 radical (unpaired) electrons. The Labute approximate surface area is 489 Å². The first-order chi connectivity index (χ1) is 40.6. The number of rotatable bonds is 5. The zero-order valence-electron chi connectivity index (χ0n) is 55.0. The first kappa shape index (κ1) is 45.6. The van der Waals surface area contributed by atoms with Crippen LogP contribution >= 0.6 is 0 Å². The smallest absolute Gasteiger partial charge is 0.252 e. The van der Waals surface area contributed by atoms with E-state index < -0.39 is 6.04 Å². The Balaban J connectivity index is 1.09. The number of nitrogens with zero attached hydrogens (tertiary/aromatic N) is 3. The summed E-state index contributed by atoms with van der Waals surface area (Å²) in [6.07, 6.45) is 8.71. The van der Waals surface area contributed by atoms with Crippen LogP contribution in [0.1, 0.15) is 182 Å². The fourth-order valence-electron chi connectivity index (χ4n) is 16.5. The highest BCUT2D eigenvalue weighted by atomic mass is 16.3. The topological polar surface area (TPSA) is 22.9 Å². The maximum atomic E-state index is 9.64. The van der Waals surface area contributed by atoms with Crippen molar-refractivity contribution in [3.05, 3.63) is 185 Å². The summed E-state index contributed by atoms with van der Waals surface area (Å²) in [4.78, 5) is 7.62. The monoisotopic (exact) mass is 1070 g/mol. The summed E-state index contributed by atoms with van der Waals surface area (Å²) in [6, 6.07) is 44.5. The summed E-state index contributed by atoms with van der Waals surface area (Å²) in [6.45, 7) is 31.1. The highest BCUT2D eigenvalue weighted by Crippen LogP contribution is 2.63. The van der Waals surface area contributed by atoms with Crippen molar-refractivity contribution in [3.63, 3.8) is 0 Å². The van der Waals surface area contributed by atoms with Crippen LogP contribution in [0, 0.1) is 0 Å². The number of benzene rings is 8. The number of hydrogen-bond donors (Lipinski definition) is 0. The number of anilines is 8. The third kappa shape index (κ3) is 7.15. The molecule has 3 aliphatic carbocycles. The Morgan fingerprint density at radius 3 is 1.77 bits per heavy atom. The largest absolute Gasteiger partial charge is 0.454 e. The Bertz CT molecular complexity index is 4340. The normalized spacial score (nSPS) is 23.0. The number of fused-ring (bicyclic) bond motifs is 12. The van der Waals surface area contributed by atoms with Gasteiger partial charge in [0.15, 0.2) is 5.58 Å². The van der Waals surface area contributed by atoms with Gasteiger partial charge in [0.25, 0.3) is 6.71 Å². The Kier molecular flexibility index (Phi) is 9.48. The molecule has 2 unspecified atom stereocenters. The molecule has 8 aromatic carbocycles. The van der Waals surface area contributed by atoms with Gasteiger partial charge in [-0.3, -0.25) is 0 Å². The van der Waals surface area contributed by atoms with E-state index in [1.54, 1.807) is 0 Å². The van der Waals surface area contributed by atoms with E-state index in [1.807, 2.05) is 6.07 Å². The lowest BCUT2D eigenvalue weighted by Gasteiger charge is -2.53. The molecule has 9 aromatic rings. The number of hydrogen-bond acceptors (Lipinski definition) is 4. The third-order valence-corrected chi connectivity index (χ3v) is 21.7. The van der Waals surface area contributed by atoms with Crippen LogP contribution in [-0.2, 0) is 32.5 Å². The van der Waals surface area contributed by atoms with Crippen molar-refractivity contribution in [3.8, 4) is 11.1 Å². The van der Waals surface area contributed by atoms with Crippen LogP contribution in [0.15, 0.2) is 156 Å². The van der Waals surface area contributed by atoms with Gasteiger partial charge in [0.05, 0.1) is 18.1 Å². The minimum absolute atomic E-state index is 0.0337. The molecule has 0 N–H and O–H groups in total. The zero-order chi connectivity index (χ0) is 60.5. The quantitative estimate of drug-likeness (QED) is 0.160. The van der Waals surface area contributed by atoms with E-state index in [0.717, 1.165) is 119 Å². The minimum atomic E-state index is -0.400. The maximum absolute atomic E-state index is 9.64. The second-order valence-corrected chi connectivity index (χ2v) is 29.4. The highest BCUT2D eigenvalue weighted by molar-refractivity contribution is 7.00. The Morgan fingerprint density at radius 2 is 1.10 bits per heavy atom. The van der Waals surface area contributed by atoms with E-state index in [9.17, 15) is 2.74 Å². The van der Waals surface area contributed by atoms with Crippen molar-refractivity contribution in [1.82, 2.24) is 0 Å². The number of para-hydroxylation sites is 2. The molecular formula is C76H80BN3O. The van der Waals surface area contributed by atoms with Gasteiger partial charge in [-0.1, -0.05) is 187 Å². The van der Waals surface area contributed by atoms with E-state index in [4.69, 9.17) is 8.53 Å². The molecule has 4 heterocycles. The number of furan rings is 1. The van der Waals surface area contributed by atoms with Crippen LogP contribution in [0.25, 0.3) is 33.1 Å². The summed E-state index contributed by atoms with van der Waals surface area (Å²) in [5.41, 5.74) is 21.9. The lowest BCUT2D eigenvalue weighted by atomic mass is 9.33. The van der Waals surface area contributed by atoms with E-state index in [1.165, 1.54) is 50.0 Å². The van der Waals surface area contributed by atoms with Crippen LogP contribution in [0.5, 0.6) is 0 Å². The van der Waals surface area contributed by atoms with Crippen molar-refractivity contribution < 1.29 is 11.3 Å². The molecule has 6 aliphatic rings. The molecule has 15 rings (SSSR count). The Hall–Kier alpha value is -6.98. The first-order valence-corrected chi connectivity index (χ1v) is 30.3. The fourth-order valence-corrected chi connectivity index (χ4v) is 16.5. The summed E-state index contributed by atoms with van der Waals surface area (Å²) >= 11 is 0. The molecule has 0 amide bonds. The summed E-state index contributed by atoms with van der Waals surface area (Å²) in [5.74, 6) is 0. The molecule has 1 aromatic heterocycles. The molecular weight excluding hydrogens is 982 g/mol. The third-order valence-electron chi connectivity index (χ3n) is 21.7.